The van der Waals surface area contributed by atoms with Crippen LogP contribution in [0.4, 0.5) is 5.69 Å². The van der Waals surface area contributed by atoms with Gasteiger partial charge in [-0.25, -0.2) is 4.79 Å². The van der Waals surface area contributed by atoms with Crippen molar-refractivity contribution in [1.29, 1.82) is 0 Å². The molecule has 6 nitrogen and oxygen atoms in total. The third-order valence-electron chi connectivity index (χ3n) is 3.71. The first-order valence-corrected chi connectivity index (χ1v) is 9.45. The Kier molecular flexibility index (Phi) is 8.07. The molecule has 0 aromatic heterocycles. The summed E-state index contributed by atoms with van der Waals surface area (Å²) < 4.78 is 16.3. The summed E-state index contributed by atoms with van der Waals surface area (Å²) in [4.78, 5) is 23.9. The highest BCUT2D eigenvalue weighted by Gasteiger charge is 2.10. The molecule has 0 aliphatic rings. The Morgan fingerprint density at radius 3 is 2.43 bits per heavy atom. The zero-order valence-corrected chi connectivity index (χ0v) is 17.5. The fraction of sp³-hybridized carbons (Fsp3) is 0.238. The number of esters is 1. The summed E-state index contributed by atoms with van der Waals surface area (Å²) in [5.41, 5.74) is 1.79. The number of nitrogens with one attached hydrogen (secondary N) is 1. The van der Waals surface area contributed by atoms with Crippen LogP contribution in [0, 0.1) is 0 Å². The second-order valence-electron chi connectivity index (χ2n) is 5.77. The van der Waals surface area contributed by atoms with E-state index in [0.29, 0.717) is 29.4 Å². The van der Waals surface area contributed by atoms with Crippen LogP contribution in [0.25, 0.3) is 6.08 Å². The maximum absolute atomic E-state index is 12.2. The molecule has 148 valence electrons. The molecule has 0 saturated carbocycles. The van der Waals surface area contributed by atoms with Crippen LogP contribution in [0.3, 0.4) is 0 Å². The molecule has 7 heteroatoms. The molecule has 28 heavy (non-hydrogen) atoms. The highest BCUT2D eigenvalue weighted by atomic mass is 79.9. The second-order valence-corrected chi connectivity index (χ2v) is 6.63. The van der Waals surface area contributed by atoms with Gasteiger partial charge in [0.2, 0.25) is 5.91 Å². The lowest BCUT2D eigenvalue weighted by molar-refractivity contribution is -0.111. The number of ether oxygens (including phenoxy) is 3. The van der Waals surface area contributed by atoms with Crippen LogP contribution in [-0.2, 0) is 9.53 Å². The lowest BCUT2D eigenvalue weighted by atomic mass is 10.2. The van der Waals surface area contributed by atoms with Crippen LogP contribution in [0.1, 0.15) is 29.3 Å². The molecule has 0 heterocycles. The first-order valence-electron chi connectivity index (χ1n) is 8.66. The molecule has 0 atom stereocenters. The number of hydrogen-bond donors (Lipinski definition) is 1. The number of halogens is 1. The van der Waals surface area contributed by atoms with Crippen molar-refractivity contribution in [2.75, 3.05) is 26.1 Å². The smallest absolute Gasteiger partial charge is 0.338 e. The minimum Gasteiger partial charge on any atom is -0.493 e. The quantitative estimate of drug-likeness (QED) is 0.469. The van der Waals surface area contributed by atoms with Crippen molar-refractivity contribution in [3.63, 3.8) is 0 Å². The van der Waals surface area contributed by atoms with Gasteiger partial charge in [0, 0.05) is 11.8 Å². The van der Waals surface area contributed by atoms with E-state index < -0.39 is 0 Å². The summed E-state index contributed by atoms with van der Waals surface area (Å²) in [5.74, 6) is 0.468. The van der Waals surface area contributed by atoms with Gasteiger partial charge in [0.1, 0.15) is 0 Å². The lowest BCUT2D eigenvalue weighted by Crippen LogP contribution is -2.09. The van der Waals surface area contributed by atoms with Crippen molar-refractivity contribution < 1.29 is 23.8 Å². The highest BCUT2D eigenvalue weighted by Crippen LogP contribution is 2.36. The molecule has 0 fully saturated rings. The van der Waals surface area contributed by atoms with Gasteiger partial charge in [-0.15, -0.1) is 0 Å². The van der Waals surface area contributed by atoms with Crippen LogP contribution in [-0.4, -0.2) is 32.7 Å². The number of amides is 1. The molecule has 0 spiro atoms. The van der Waals surface area contributed by atoms with E-state index in [4.69, 9.17) is 14.2 Å². The summed E-state index contributed by atoms with van der Waals surface area (Å²) in [6.07, 6.45) is 3.85. The third-order valence-corrected chi connectivity index (χ3v) is 4.30. The molecule has 1 N–H and O–H groups in total. The Labute approximate surface area is 172 Å². The van der Waals surface area contributed by atoms with Crippen molar-refractivity contribution >= 4 is 39.6 Å². The Morgan fingerprint density at radius 1 is 1.11 bits per heavy atom. The van der Waals surface area contributed by atoms with Gasteiger partial charge in [-0.1, -0.05) is 6.92 Å². The average Bonchev–Trinajstić information content (AvgIpc) is 2.70. The molecule has 0 saturated heterocycles. The fourth-order valence-electron chi connectivity index (χ4n) is 2.36. The number of carbonyl (C=O) groups excluding carboxylic acids is 2. The SMILES string of the molecule is CCCOC(=O)c1ccc(NC(=O)C=Cc2cc(Br)c(OC)c(OC)c2)cc1. The van der Waals surface area contributed by atoms with E-state index in [0.717, 1.165) is 16.5 Å². The van der Waals surface area contributed by atoms with Crippen molar-refractivity contribution in [1.82, 2.24) is 0 Å². The van der Waals surface area contributed by atoms with Crippen molar-refractivity contribution in [3.05, 3.63) is 58.1 Å². The number of benzene rings is 2. The number of carbonyl (C=O) groups is 2. The minimum absolute atomic E-state index is 0.299. The maximum Gasteiger partial charge on any atom is 0.338 e. The molecule has 1 amide bonds. The van der Waals surface area contributed by atoms with Gasteiger partial charge >= 0.3 is 5.97 Å². The van der Waals surface area contributed by atoms with E-state index in [1.807, 2.05) is 13.0 Å². The zero-order chi connectivity index (χ0) is 20.5. The molecule has 0 radical (unpaired) electrons. The van der Waals surface area contributed by atoms with Crippen LogP contribution in [0.2, 0.25) is 0 Å². The maximum atomic E-state index is 12.2. The van der Waals surface area contributed by atoms with Crippen LogP contribution in [0.5, 0.6) is 11.5 Å². The van der Waals surface area contributed by atoms with E-state index in [1.165, 1.54) is 6.08 Å². The molecular formula is C21H22BrNO5. The largest absolute Gasteiger partial charge is 0.493 e. The van der Waals surface area contributed by atoms with Crippen molar-refractivity contribution in [2.24, 2.45) is 0 Å². The van der Waals surface area contributed by atoms with E-state index in [1.54, 1.807) is 50.6 Å². The van der Waals surface area contributed by atoms with Crippen molar-refractivity contribution in [3.8, 4) is 11.5 Å². The summed E-state index contributed by atoms with van der Waals surface area (Å²) in [6, 6.07) is 10.1. The fourth-order valence-corrected chi connectivity index (χ4v) is 2.98. The molecule has 0 bridgehead atoms. The predicted molar refractivity (Wildman–Crippen MR) is 112 cm³/mol. The van der Waals surface area contributed by atoms with Gasteiger partial charge < -0.3 is 19.5 Å². The Morgan fingerprint density at radius 2 is 1.82 bits per heavy atom. The third kappa shape index (κ3) is 5.85. The van der Waals surface area contributed by atoms with Gasteiger partial charge in [-0.2, -0.15) is 0 Å². The Bertz CT molecular complexity index is 862. The number of rotatable bonds is 8. The molecule has 2 rings (SSSR count). The topological polar surface area (TPSA) is 73.9 Å². The van der Waals surface area contributed by atoms with Gasteiger partial charge in [0.25, 0.3) is 0 Å². The molecule has 0 aliphatic carbocycles. The first-order chi connectivity index (χ1) is 13.5. The van der Waals surface area contributed by atoms with Crippen LogP contribution >= 0.6 is 15.9 Å². The first kappa shape index (κ1) is 21.5. The number of anilines is 1. The van der Waals surface area contributed by atoms with Gasteiger partial charge in [0.15, 0.2) is 11.5 Å². The summed E-state index contributed by atoms with van der Waals surface area (Å²) in [7, 11) is 3.10. The lowest BCUT2D eigenvalue weighted by Gasteiger charge is -2.10. The van der Waals surface area contributed by atoms with Gasteiger partial charge in [-0.3, -0.25) is 4.79 Å². The molecule has 0 unspecified atom stereocenters. The van der Waals surface area contributed by atoms with Gasteiger partial charge in [-0.05, 0) is 70.4 Å². The monoisotopic (exact) mass is 447 g/mol. The van der Waals surface area contributed by atoms with Crippen molar-refractivity contribution in [2.45, 2.75) is 13.3 Å². The summed E-state index contributed by atoms with van der Waals surface area (Å²) >= 11 is 3.42. The molecular weight excluding hydrogens is 426 g/mol. The number of methoxy groups -OCH3 is 2. The second kappa shape index (κ2) is 10.5. The molecule has 2 aromatic carbocycles. The van der Waals surface area contributed by atoms with E-state index in [2.05, 4.69) is 21.2 Å². The highest BCUT2D eigenvalue weighted by molar-refractivity contribution is 9.10. The molecule has 2 aromatic rings. The van der Waals surface area contributed by atoms with E-state index in [9.17, 15) is 9.59 Å². The standard InChI is InChI=1S/C21H22BrNO5/c1-4-11-28-21(25)15-6-8-16(9-7-15)23-19(24)10-5-14-12-17(22)20(27-3)18(13-14)26-2/h5-10,12-13H,4,11H2,1-3H3,(H,23,24). The minimum atomic E-state index is -0.376. The summed E-state index contributed by atoms with van der Waals surface area (Å²) in [6.45, 7) is 2.31. The van der Waals surface area contributed by atoms with Crippen LogP contribution in [0.15, 0.2) is 46.9 Å². The van der Waals surface area contributed by atoms with E-state index in [-0.39, 0.29) is 11.9 Å². The Balaban J connectivity index is 2.02. The summed E-state index contributed by atoms with van der Waals surface area (Å²) in [5, 5.41) is 2.74. The number of hydrogen-bond acceptors (Lipinski definition) is 5. The van der Waals surface area contributed by atoms with Crippen LogP contribution < -0.4 is 14.8 Å². The normalized spacial score (nSPS) is 10.6. The predicted octanol–water partition coefficient (Wildman–Crippen LogP) is 4.69. The molecule has 0 aliphatic heterocycles. The van der Waals surface area contributed by atoms with E-state index >= 15 is 0 Å². The zero-order valence-electron chi connectivity index (χ0n) is 16.0. The van der Waals surface area contributed by atoms with Gasteiger partial charge in [0.05, 0.1) is 30.9 Å². The Hall–Kier alpha value is -2.80. The average molecular weight is 448 g/mol.